The van der Waals surface area contributed by atoms with Gasteiger partial charge in [-0.3, -0.25) is 0 Å². The van der Waals surface area contributed by atoms with Crippen molar-refractivity contribution >= 4 is 11.8 Å². The molecule has 90 valence electrons. The molecule has 0 aromatic heterocycles. The lowest BCUT2D eigenvalue weighted by Gasteiger charge is -2.19. The molecular weight excluding hydrogens is 204 g/mol. The number of thioether (sulfide) groups is 1. The summed E-state index contributed by atoms with van der Waals surface area (Å²) < 4.78 is 0. The molecule has 0 aliphatic carbocycles. The third kappa shape index (κ3) is 4.75. The Morgan fingerprint density at radius 3 is 2.80 bits per heavy atom. The van der Waals surface area contributed by atoms with E-state index in [1.54, 1.807) is 0 Å². The van der Waals surface area contributed by atoms with Crippen LogP contribution in [0.2, 0.25) is 0 Å². The van der Waals surface area contributed by atoms with Crippen LogP contribution in [0.4, 0.5) is 0 Å². The van der Waals surface area contributed by atoms with Gasteiger partial charge in [-0.25, -0.2) is 0 Å². The number of hydrogen-bond donors (Lipinski definition) is 1. The van der Waals surface area contributed by atoms with Gasteiger partial charge in [0.2, 0.25) is 0 Å². The van der Waals surface area contributed by atoms with Crippen LogP contribution >= 0.6 is 11.8 Å². The van der Waals surface area contributed by atoms with Crippen LogP contribution in [0.3, 0.4) is 0 Å². The second-order valence-corrected chi connectivity index (χ2v) is 6.17. The molecule has 1 saturated heterocycles. The molecule has 1 fully saturated rings. The molecular formula is C12H26N2S. The van der Waals surface area contributed by atoms with E-state index in [2.05, 4.69) is 38.0 Å². The van der Waals surface area contributed by atoms with Crippen LogP contribution in [0, 0.1) is 0 Å². The molecule has 3 heteroatoms. The summed E-state index contributed by atoms with van der Waals surface area (Å²) in [5.41, 5.74) is 0. The summed E-state index contributed by atoms with van der Waals surface area (Å²) in [5, 5.41) is 3.74. The topological polar surface area (TPSA) is 15.3 Å². The maximum atomic E-state index is 3.74. The third-order valence-electron chi connectivity index (χ3n) is 3.31. The van der Waals surface area contributed by atoms with E-state index in [0.29, 0.717) is 12.1 Å². The van der Waals surface area contributed by atoms with Gasteiger partial charge in [0.25, 0.3) is 0 Å². The van der Waals surface area contributed by atoms with Gasteiger partial charge in [-0.2, -0.15) is 11.8 Å². The van der Waals surface area contributed by atoms with Crippen LogP contribution in [0.5, 0.6) is 0 Å². The van der Waals surface area contributed by atoms with Gasteiger partial charge >= 0.3 is 0 Å². The van der Waals surface area contributed by atoms with Crippen LogP contribution in [0.25, 0.3) is 0 Å². The molecule has 1 rings (SSSR count). The Hall–Kier alpha value is 0.270. The van der Waals surface area contributed by atoms with Gasteiger partial charge < -0.3 is 10.2 Å². The van der Waals surface area contributed by atoms with Crippen molar-refractivity contribution in [1.82, 2.24) is 10.2 Å². The predicted octanol–water partition coefficient (Wildman–Crippen LogP) is 2.20. The molecule has 0 aromatic carbocycles. The first-order valence-corrected chi connectivity index (χ1v) is 7.33. The minimum absolute atomic E-state index is 0.674. The van der Waals surface area contributed by atoms with Crippen LogP contribution in [-0.4, -0.2) is 48.1 Å². The highest BCUT2D eigenvalue weighted by atomic mass is 32.2. The fourth-order valence-corrected chi connectivity index (χ4v) is 3.01. The van der Waals surface area contributed by atoms with Crippen molar-refractivity contribution in [1.29, 1.82) is 0 Å². The Morgan fingerprint density at radius 1 is 1.53 bits per heavy atom. The largest absolute Gasteiger partial charge is 0.310 e. The SMILES string of the molecule is CCSCCC(C)NC1CC(C)N(C)C1. The summed E-state index contributed by atoms with van der Waals surface area (Å²) in [4.78, 5) is 2.45. The lowest BCUT2D eigenvalue weighted by Crippen LogP contribution is -2.38. The molecule has 1 aliphatic heterocycles. The molecule has 15 heavy (non-hydrogen) atoms. The molecule has 0 bridgehead atoms. The summed E-state index contributed by atoms with van der Waals surface area (Å²) >= 11 is 2.05. The van der Waals surface area contributed by atoms with Crippen LogP contribution in [0.15, 0.2) is 0 Å². The van der Waals surface area contributed by atoms with Crippen molar-refractivity contribution in [3.8, 4) is 0 Å². The third-order valence-corrected chi connectivity index (χ3v) is 4.24. The van der Waals surface area contributed by atoms with E-state index in [0.717, 1.165) is 6.04 Å². The van der Waals surface area contributed by atoms with Crippen molar-refractivity contribution in [2.45, 2.75) is 51.7 Å². The van der Waals surface area contributed by atoms with E-state index in [1.165, 1.54) is 30.9 Å². The maximum Gasteiger partial charge on any atom is 0.0212 e. The first-order valence-electron chi connectivity index (χ1n) is 6.17. The monoisotopic (exact) mass is 230 g/mol. The lowest BCUT2D eigenvalue weighted by molar-refractivity contribution is 0.324. The van der Waals surface area contributed by atoms with Gasteiger partial charge in [-0.15, -0.1) is 0 Å². The number of hydrogen-bond acceptors (Lipinski definition) is 3. The summed E-state index contributed by atoms with van der Waals surface area (Å²) in [6.07, 6.45) is 2.61. The number of rotatable bonds is 6. The molecule has 2 nitrogen and oxygen atoms in total. The van der Waals surface area contributed by atoms with Crippen LogP contribution in [-0.2, 0) is 0 Å². The van der Waals surface area contributed by atoms with E-state index in [-0.39, 0.29) is 0 Å². The number of nitrogens with one attached hydrogen (secondary N) is 1. The number of likely N-dealkylation sites (tertiary alicyclic amines) is 1. The van der Waals surface area contributed by atoms with E-state index in [4.69, 9.17) is 0 Å². The van der Waals surface area contributed by atoms with Gasteiger partial charge in [-0.1, -0.05) is 6.92 Å². The molecule has 3 unspecified atom stereocenters. The second kappa shape index (κ2) is 6.77. The smallest absolute Gasteiger partial charge is 0.0212 e. The zero-order chi connectivity index (χ0) is 11.3. The molecule has 3 atom stereocenters. The molecule has 0 saturated carbocycles. The number of nitrogens with zero attached hydrogens (tertiary/aromatic N) is 1. The lowest BCUT2D eigenvalue weighted by atomic mass is 10.1. The summed E-state index contributed by atoms with van der Waals surface area (Å²) in [7, 11) is 2.23. The zero-order valence-electron chi connectivity index (χ0n) is 10.6. The van der Waals surface area contributed by atoms with Gasteiger partial charge in [0, 0.05) is 24.7 Å². The molecule has 0 spiro atoms. The molecule has 1 heterocycles. The summed E-state index contributed by atoms with van der Waals surface area (Å²) in [6.45, 7) is 8.08. The first kappa shape index (κ1) is 13.3. The fourth-order valence-electron chi connectivity index (χ4n) is 2.20. The van der Waals surface area contributed by atoms with Gasteiger partial charge in [0.15, 0.2) is 0 Å². The molecule has 1 N–H and O–H groups in total. The van der Waals surface area contributed by atoms with Gasteiger partial charge in [-0.05, 0) is 45.2 Å². The molecule has 0 amide bonds. The van der Waals surface area contributed by atoms with E-state index in [1.807, 2.05) is 11.8 Å². The van der Waals surface area contributed by atoms with Crippen molar-refractivity contribution < 1.29 is 0 Å². The molecule has 0 radical (unpaired) electrons. The van der Waals surface area contributed by atoms with Crippen molar-refractivity contribution in [3.63, 3.8) is 0 Å². The van der Waals surface area contributed by atoms with Crippen molar-refractivity contribution in [3.05, 3.63) is 0 Å². The Morgan fingerprint density at radius 2 is 2.27 bits per heavy atom. The Bertz CT molecular complexity index is 165. The van der Waals surface area contributed by atoms with Gasteiger partial charge in [0.1, 0.15) is 0 Å². The van der Waals surface area contributed by atoms with E-state index >= 15 is 0 Å². The average molecular weight is 230 g/mol. The quantitative estimate of drug-likeness (QED) is 0.704. The second-order valence-electron chi connectivity index (χ2n) is 4.77. The zero-order valence-corrected chi connectivity index (χ0v) is 11.4. The summed E-state index contributed by atoms with van der Waals surface area (Å²) in [5.74, 6) is 2.54. The van der Waals surface area contributed by atoms with Crippen LogP contribution in [0.1, 0.15) is 33.6 Å². The maximum absolute atomic E-state index is 3.74. The van der Waals surface area contributed by atoms with Crippen LogP contribution < -0.4 is 5.32 Å². The normalized spacial score (nSPS) is 29.6. The molecule has 0 aromatic rings. The van der Waals surface area contributed by atoms with Gasteiger partial charge in [0.05, 0.1) is 0 Å². The first-order chi connectivity index (χ1) is 7.13. The van der Waals surface area contributed by atoms with E-state index < -0.39 is 0 Å². The molecule has 1 aliphatic rings. The average Bonchev–Trinajstić information content (AvgIpc) is 2.46. The van der Waals surface area contributed by atoms with E-state index in [9.17, 15) is 0 Å². The Labute approximate surface area is 99.2 Å². The number of likely N-dealkylation sites (N-methyl/N-ethyl adjacent to an activating group) is 1. The summed E-state index contributed by atoms with van der Waals surface area (Å²) in [6, 6.07) is 2.14. The highest BCUT2D eigenvalue weighted by Crippen LogP contribution is 2.16. The van der Waals surface area contributed by atoms with Crippen molar-refractivity contribution in [2.24, 2.45) is 0 Å². The minimum atomic E-state index is 0.674. The Balaban J connectivity index is 2.13. The standard InChI is InChI=1S/C12H26N2S/c1-5-15-7-6-10(2)13-12-8-11(3)14(4)9-12/h10-13H,5-9H2,1-4H3. The fraction of sp³-hybridized carbons (Fsp3) is 1.00. The minimum Gasteiger partial charge on any atom is -0.310 e. The van der Waals surface area contributed by atoms with Crippen molar-refractivity contribution in [2.75, 3.05) is 25.1 Å². The highest BCUT2D eigenvalue weighted by molar-refractivity contribution is 7.99. The highest BCUT2D eigenvalue weighted by Gasteiger charge is 2.26. The predicted molar refractivity (Wildman–Crippen MR) is 70.7 cm³/mol. The Kier molecular flexibility index (Phi) is 6.02.